The number of nitrogens with two attached hydrogens (primary N) is 2. The zero-order valence-electron chi connectivity index (χ0n) is 21.6. The fourth-order valence-corrected chi connectivity index (χ4v) is 4.04. The van der Waals surface area contributed by atoms with Crippen molar-refractivity contribution in [2.75, 3.05) is 58.9 Å². The maximum atomic E-state index is 10.6. The number of unbranched alkanes of at least 4 members (excludes halogenated alkanes) is 10. The van der Waals surface area contributed by atoms with Crippen molar-refractivity contribution in [3.63, 3.8) is 0 Å². The lowest BCUT2D eigenvalue weighted by atomic mass is 10.1. The fraction of sp³-hybridized carbons (Fsp3) is 0.962. The van der Waals surface area contributed by atoms with Crippen molar-refractivity contribution >= 4 is 5.97 Å². The molecule has 0 bridgehead atoms. The van der Waals surface area contributed by atoms with Gasteiger partial charge < -0.3 is 32.1 Å². The zero-order chi connectivity index (χ0) is 24.2. The van der Waals surface area contributed by atoms with Crippen LogP contribution < -0.4 is 22.1 Å². The normalized spacial score (nSPS) is 11.5. The minimum Gasteiger partial charge on any atom is -0.481 e. The molecule has 0 aromatic rings. The van der Waals surface area contributed by atoms with Gasteiger partial charge in [0.1, 0.15) is 0 Å². The quantitative estimate of drug-likeness (QED) is 0.110. The van der Waals surface area contributed by atoms with Crippen molar-refractivity contribution in [3.05, 3.63) is 0 Å². The number of hydrogen-bond donors (Lipinski definition) is 5. The fourth-order valence-electron chi connectivity index (χ4n) is 4.04. The maximum absolute atomic E-state index is 10.6. The number of hydrogen-bond acceptors (Lipinski definition) is 6. The van der Waals surface area contributed by atoms with E-state index in [4.69, 9.17) is 16.6 Å². The van der Waals surface area contributed by atoms with Crippen molar-refractivity contribution in [2.45, 2.75) is 103 Å². The summed E-state index contributed by atoms with van der Waals surface area (Å²) in [4.78, 5) is 13.3. The first-order valence-electron chi connectivity index (χ1n) is 14.0. The van der Waals surface area contributed by atoms with Crippen LogP contribution in [0.4, 0.5) is 0 Å². The van der Waals surface area contributed by atoms with Crippen LogP contribution in [0.15, 0.2) is 0 Å². The standard InChI is InChI=1S/C26H57N5O2/c27-17-7-3-9-19-29-21-11-5-14-24-31(23-13-2-1-6-16-26(32)33)25-15-12-22-30-20-10-4-8-18-28/h29-30H,1-25,27-28H2,(H,32,33). The van der Waals surface area contributed by atoms with E-state index in [0.29, 0.717) is 6.42 Å². The van der Waals surface area contributed by atoms with Crippen LogP contribution in [0.25, 0.3) is 0 Å². The van der Waals surface area contributed by atoms with Gasteiger partial charge in [-0.05, 0) is 123 Å². The van der Waals surface area contributed by atoms with Gasteiger partial charge in [-0.3, -0.25) is 4.79 Å². The monoisotopic (exact) mass is 471 g/mol. The summed E-state index contributed by atoms with van der Waals surface area (Å²) in [7, 11) is 0. The van der Waals surface area contributed by atoms with Gasteiger partial charge in [0.15, 0.2) is 0 Å². The van der Waals surface area contributed by atoms with Crippen LogP contribution >= 0.6 is 0 Å². The van der Waals surface area contributed by atoms with Gasteiger partial charge in [-0.1, -0.05) is 32.1 Å². The van der Waals surface area contributed by atoms with E-state index in [1.54, 1.807) is 0 Å². The third-order valence-corrected chi connectivity index (χ3v) is 6.14. The first-order chi connectivity index (χ1) is 16.2. The second-order valence-corrected chi connectivity index (χ2v) is 9.37. The molecular weight excluding hydrogens is 414 g/mol. The molecule has 0 aliphatic rings. The summed E-state index contributed by atoms with van der Waals surface area (Å²) in [5.41, 5.74) is 11.1. The first kappa shape index (κ1) is 32.3. The molecule has 0 spiro atoms. The highest BCUT2D eigenvalue weighted by atomic mass is 16.4. The van der Waals surface area contributed by atoms with Crippen molar-refractivity contribution in [1.29, 1.82) is 0 Å². The zero-order valence-corrected chi connectivity index (χ0v) is 21.6. The van der Waals surface area contributed by atoms with Gasteiger partial charge in [0.05, 0.1) is 0 Å². The SMILES string of the molecule is NCCCCCNCCCCCN(CCCCCCC(=O)O)CCCCNCCCCCN. The smallest absolute Gasteiger partial charge is 0.303 e. The third kappa shape index (κ3) is 27.4. The Morgan fingerprint density at radius 3 is 1.36 bits per heavy atom. The summed E-state index contributed by atoms with van der Waals surface area (Å²) in [5, 5.41) is 15.9. The summed E-state index contributed by atoms with van der Waals surface area (Å²) in [6.45, 7) is 9.62. The lowest BCUT2D eigenvalue weighted by Crippen LogP contribution is -2.28. The molecule has 0 unspecified atom stereocenters. The molecule has 0 fully saturated rings. The molecule has 0 saturated heterocycles. The number of aliphatic carboxylic acids is 1. The second-order valence-electron chi connectivity index (χ2n) is 9.37. The molecule has 0 atom stereocenters. The summed E-state index contributed by atoms with van der Waals surface area (Å²) in [6, 6.07) is 0. The average molecular weight is 472 g/mol. The summed E-state index contributed by atoms with van der Waals surface area (Å²) in [5.74, 6) is -0.672. The predicted molar refractivity (Wildman–Crippen MR) is 142 cm³/mol. The Balaban J connectivity index is 3.85. The Kier molecular flexibility index (Phi) is 26.9. The average Bonchev–Trinajstić information content (AvgIpc) is 2.80. The van der Waals surface area contributed by atoms with E-state index >= 15 is 0 Å². The van der Waals surface area contributed by atoms with Crippen molar-refractivity contribution in [3.8, 4) is 0 Å². The Morgan fingerprint density at radius 2 is 0.909 bits per heavy atom. The van der Waals surface area contributed by atoms with E-state index in [1.807, 2.05) is 0 Å². The van der Waals surface area contributed by atoms with Gasteiger partial charge in [0.2, 0.25) is 0 Å². The number of carboxylic acid groups (broad SMARTS) is 1. The molecule has 0 aliphatic carbocycles. The van der Waals surface area contributed by atoms with E-state index in [-0.39, 0.29) is 0 Å². The molecule has 0 aromatic heterocycles. The molecule has 0 saturated carbocycles. The Hall–Kier alpha value is -0.730. The maximum Gasteiger partial charge on any atom is 0.303 e. The molecule has 7 nitrogen and oxygen atoms in total. The highest BCUT2D eigenvalue weighted by molar-refractivity contribution is 5.66. The van der Waals surface area contributed by atoms with E-state index in [1.165, 1.54) is 77.3 Å². The van der Waals surface area contributed by atoms with E-state index in [2.05, 4.69) is 15.5 Å². The van der Waals surface area contributed by atoms with Crippen LogP contribution in [0.1, 0.15) is 103 Å². The van der Waals surface area contributed by atoms with Gasteiger partial charge in [0.25, 0.3) is 0 Å². The molecule has 0 amide bonds. The highest BCUT2D eigenvalue weighted by Crippen LogP contribution is 2.07. The summed E-state index contributed by atoms with van der Waals surface area (Å²) >= 11 is 0. The van der Waals surface area contributed by atoms with E-state index < -0.39 is 5.97 Å². The van der Waals surface area contributed by atoms with Crippen LogP contribution in [0.5, 0.6) is 0 Å². The van der Waals surface area contributed by atoms with E-state index in [0.717, 1.165) is 77.9 Å². The van der Waals surface area contributed by atoms with Crippen molar-refractivity contribution in [1.82, 2.24) is 15.5 Å². The molecule has 0 radical (unpaired) electrons. The molecule has 0 rings (SSSR count). The largest absolute Gasteiger partial charge is 0.481 e. The van der Waals surface area contributed by atoms with Crippen LogP contribution in [-0.2, 0) is 4.79 Å². The summed E-state index contributed by atoms with van der Waals surface area (Å²) < 4.78 is 0. The molecule has 33 heavy (non-hydrogen) atoms. The molecule has 7 N–H and O–H groups in total. The van der Waals surface area contributed by atoms with Gasteiger partial charge in [0, 0.05) is 6.42 Å². The van der Waals surface area contributed by atoms with Crippen molar-refractivity contribution in [2.24, 2.45) is 11.5 Å². The molecule has 0 aliphatic heterocycles. The highest BCUT2D eigenvalue weighted by Gasteiger charge is 2.05. The van der Waals surface area contributed by atoms with Crippen LogP contribution in [-0.4, -0.2) is 74.9 Å². The Labute approximate surface area is 204 Å². The lowest BCUT2D eigenvalue weighted by Gasteiger charge is -2.22. The number of carboxylic acids is 1. The molecule has 0 aromatic carbocycles. The third-order valence-electron chi connectivity index (χ3n) is 6.14. The molecular formula is C26H57N5O2. The minimum atomic E-state index is -0.672. The number of carbonyl (C=O) groups is 1. The van der Waals surface area contributed by atoms with Gasteiger partial charge in [-0.2, -0.15) is 0 Å². The van der Waals surface area contributed by atoms with E-state index in [9.17, 15) is 4.79 Å². The number of nitrogens with zero attached hydrogens (tertiary/aromatic N) is 1. The Bertz CT molecular complexity index is 399. The second kappa shape index (κ2) is 27.5. The Morgan fingerprint density at radius 1 is 0.545 bits per heavy atom. The van der Waals surface area contributed by atoms with Gasteiger partial charge in [-0.15, -0.1) is 0 Å². The van der Waals surface area contributed by atoms with Crippen LogP contribution in [0.2, 0.25) is 0 Å². The van der Waals surface area contributed by atoms with Crippen LogP contribution in [0, 0.1) is 0 Å². The minimum absolute atomic E-state index is 0.310. The van der Waals surface area contributed by atoms with Gasteiger partial charge >= 0.3 is 5.97 Å². The van der Waals surface area contributed by atoms with Gasteiger partial charge in [-0.25, -0.2) is 0 Å². The lowest BCUT2D eigenvalue weighted by molar-refractivity contribution is -0.137. The molecule has 198 valence electrons. The first-order valence-corrected chi connectivity index (χ1v) is 14.0. The molecule has 0 heterocycles. The number of nitrogens with one attached hydrogen (secondary N) is 2. The van der Waals surface area contributed by atoms with Crippen molar-refractivity contribution < 1.29 is 9.90 Å². The topological polar surface area (TPSA) is 117 Å². The number of rotatable bonds is 28. The molecule has 7 heteroatoms. The van der Waals surface area contributed by atoms with Crippen LogP contribution in [0.3, 0.4) is 0 Å². The summed E-state index contributed by atoms with van der Waals surface area (Å²) in [6.07, 6.45) is 18.0. The predicted octanol–water partition coefficient (Wildman–Crippen LogP) is 3.71.